The van der Waals surface area contributed by atoms with E-state index < -0.39 is 0 Å². The van der Waals surface area contributed by atoms with E-state index in [0.29, 0.717) is 0 Å². The molecule has 0 nitrogen and oxygen atoms in total. The molecule has 0 N–H and O–H groups in total. The normalized spacial score (nSPS) is 27.6. The number of allylic oxidation sites excluding steroid dienone is 9. The van der Waals surface area contributed by atoms with Crippen LogP contribution in [0.3, 0.4) is 0 Å². The predicted octanol–water partition coefficient (Wildman–Crippen LogP) is 3.56. The Morgan fingerprint density at radius 1 is 1.17 bits per heavy atom. The lowest BCUT2D eigenvalue weighted by Gasteiger charge is -2.00. The average molecular weight is 158 g/mol. The van der Waals surface area contributed by atoms with Gasteiger partial charge < -0.3 is 0 Å². The topological polar surface area (TPSA) is 0 Å². The van der Waals surface area contributed by atoms with E-state index in [4.69, 9.17) is 0 Å². The van der Waals surface area contributed by atoms with Gasteiger partial charge in [-0.25, -0.2) is 0 Å². The Hall–Kier alpha value is -1.30. The maximum Gasteiger partial charge on any atom is -0.00726 e. The molecule has 0 saturated heterocycles. The molecular formula is C12H14. The highest BCUT2D eigenvalue weighted by Gasteiger charge is 1.91. The molecule has 1 rings (SSSR count). The minimum Gasteiger partial charge on any atom is -0.0998 e. The fraction of sp³-hybridized carbons (Fsp3) is 0.167. The van der Waals surface area contributed by atoms with Crippen molar-refractivity contribution in [2.24, 2.45) is 0 Å². The van der Waals surface area contributed by atoms with E-state index in [2.05, 4.69) is 30.9 Å². The zero-order valence-electron chi connectivity index (χ0n) is 7.46. The van der Waals surface area contributed by atoms with Crippen LogP contribution in [0.2, 0.25) is 0 Å². The van der Waals surface area contributed by atoms with Gasteiger partial charge in [0.2, 0.25) is 0 Å². The van der Waals surface area contributed by atoms with Crippen LogP contribution in [0, 0.1) is 0 Å². The summed E-state index contributed by atoms with van der Waals surface area (Å²) < 4.78 is 0. The maximum atomic E-state index is 3.89. The Labute approximate surface area is 74.3 Å². The van der Waals surface area contributed by atoms with Crippen LogP contribution >= 0.6 is 0 Å². The SMILES string of the molecule is C=C(C)CC1=C/C=C\C=C/C=C\1. The van der Waals surface area contributed by atoms with E-state index in [1.54, 1.807) is 0 Å². The zero-order chi connectivity index (χ0) is 8.81. The molecule has 0 saturated carbocycles. The molecule has 0 aromatic heterocycles. The van der Waals surface area contributed by atoms with Crippen molar-refractivity contribution in [1.29, 1.82) is 0 Å². The van der Waals surface area contributed by atoms with Crippen LogP contribution in [0.1, 0.15) is 13.3 Å². The van der Waals surface area contributed by atoms with Crippen molar-refractivity contribution in [2.45, 2.75) is 13.3 Å². The molecule has 0 bridgehead atoms. The van der Waals surface area contributed by atoms with Gasteiger partial charge in [0.25, 0.3) is 0 Å². The molecule has 0 heteroatoms. The van der Waals surface area contributed by atoms with Gasteiger partial charge in [-0.15, -0.1) is 0 Å². The molecule has 1 aliphatic rings. The molecule has 0 fully saturated rings. The van der Waals surface area contributed by atoms with Crippen molar-refractivity contribution < 1.29 is 0 Å². The van der Waals surface area contributed by atoms with Crippen molar-refractivity contribution in [1.82, 2.24) is 0 Å². The van der Waals surface area contributed by atoms with Gasteiger partial charge in [-0.2, -0.15) is 0 Å². The van der Waals surface area contributed by atoms with Gasteiger partial charge in [0.15, 0.2) is 0 Å². The minimum atomic E-state index is 0.967. The van der Waals surface area contributed by atoms with E-state index >= 15 is 0 Å². The monoisotopic (exact) mass is 158 g/mol. The van der Waals surface area contributed by atoms with E-state index in [1.165, 1.54) is 11.1 Å². The highest BCUT2D eigenvalue weighted by molar-refractivity contribution is 5.33. The second-order valence-corrected chi connectivity index (χ2v) is 3.00. The van der Waals surface area contributed by atoms with Crippen molar-refractivity contribution in [2.75, 3.05) is 0 Å². The van der Waals surface area contributed by atoms with Crippen LogP contribution in [0.4, 0.5) is 0 Å². The van der Waals surface area contributed by atoms with Crippen LogP contribution in [-0.2, 0) is 0 Å². The number of hydrogen-bond acceptors (Lipinski definition) is 0. The first-order valence-electron chi connectivity index (χ1n) is 4.14. The summed E-state index contributed by atoms with van der Waals surface area (Å²) in [5.41, 5.74) is 2.51. The highest BCUT2D eigenvalue weighted by atomic mass is 14.0. The first kappa shape index (κ1) is 8.79. The summed E-state index contributed by atoms with van der Waals surface area (Å²) in [6, 6.07) is 0. The lowest BCUT2D eigenvalue weighted by atomic mass is 10.1. The first-order chi connectivity index (χ1) is 5.79. The van der Waals surface area contributed by atoms with Crippen LogP contribution in [0.5, 0.6) is 0 Å². The molecule has 0 aliphatic heterocycles. The summed E-state index contributed by atoms with van der Waals surface area (Å²) in [5, 5.41) is 0. The third-order valence-electron chi connectivity index (χ3n) is 1.57. The predicted molar refractivity (Wildman–Crippen MR) is 54.9 cm³/mol. The second kappa shape index (κ2) is 4.55. The van der Waals surface area contributed by atoms with Gasteiger partial charge in [-0.05, 0) is 18.9 Å². The molecule has 0 heterocycles. The lowest BCUT2D eigenvalue weighted by Crippen LogP contribution is -1.80. The van der Waals surface area contributed by atoms with Crippen LogP contribution in [0.25, 0.3) is 0 Å². The van der Waals surface area contributed by atoms with Crippen LogP contribution < -0.4 is 0 Å². The quantitative estimate of drug-likeness (QED) is 0.539. The molecule has 0 unspecified atom stereocenters. The largest absolute Gasteiger partial charge is 0.0998 e. The Kier molecular flexibility index (Phi) is 3.34. The van der Waals surface area contributed by atoms with Gasteiger partial charge in [0.1, 0.15) is 0 Å². The fourth-order valence-corrected chi connectivity index (χ4v) is 1.07. The molecule has 0 atom stereocenters. The summed E-state index contributed by atoms with van der Waals surface area (Å²) in [6.45, 7) is 5.94. The summed E-state index contributed by atoms with van der Waals surface area (Å²) in [4.78, 5) is 0. The lowest BCUT2D eigenvalue weighted by molar-refractivity contribution is 1.16. The van der Waals surface area contributed by atoms with Crippen LogP contribution in [-0.4, -0.2) is 0 Å². The van der Waals surface area contributed by atoms with Gasteiger partial charge in [0, 0.05) is 0 Å². The third kappa shape index (κ3) is 3.20. The maximum absolute atomic E-state index is 3.89. The van der Waals surface area contributed by atoms with Gasteiger partial charge in [0.05, 0.1) is 0 Å². The number of rotatable bonds is 2. The standard InChI is InChI=1S/C12H14/c1-11(2)10-12-8-6-4-3-5-7-9-12/h3-9H,1,10H2,2H3/b4-3-,5-3?,6-4?,7-5-,8-6-,9-7?,12-8?,12-9+. The molecule has 62 valence electrons. The van der Waals surface area contributed by atoms with Crippen molar-refractivity contribution in [3.05, 3.63) is 60.3 Å². The molecular weight excluding hydrogens is 144 g/mol. The smallest absolute Gasteiger partial charge is 0.00726 e. The van der Waals surface area contributed by atoms with E-state index in [1.807, 2.05) is 25.2 Å². The molecule has 0 amide bonds. The Morgan fingerprint density at radius 2 is 1.83 bits per heavy atom. The number of hydrogen-bond donors (Lipinski definition) is 0. The van der Waals surface area contributed by atoms with Crippen molar-refractivity contribution in [3.63, 3.8) is 0 Å². The van der Waals surface area contributed by atoms with Gasteiger partial charge >= 0.3 is 0 Å². The van der Waals surface area contributed by atoms with E-state index in [9.17, 15) is 0 Å². The molecule has 0 spiro atoms. The Bertz CT molecular complexity index is 272. The molecule has 0 radical (unpaired) electrons. The summed E-state index contributed by atoms with van der Waals surface area (Å²) in [6.07, 6.45) is 15.4. The van der Waals surface area contributed by atoms with Crippen LogP contribution in [0.15, 0.2) is 60.3 Å². The van der Waals surface area contributed by atoms with Crippen molar-refractivity contribution >= 4 is 0 Å². The summed E-state index contributed by atoms with van der Waals surface area (Å²) in [5.74, 6) is 0. The molecule has 0 aromatic carbocycles. The minimum absolute atomic E-state index is 0.967. The first-order valence-corrected chi connectivity index (χ1v) is 4.14. The zero-order valence-corrected chi connectivity index (χ0v) is 7.46. The molecule has 1 aliphatic carbocycles. The van der Waals surface area contributed by atoms with E-state index in [0.717, 1.165) is 6.42 Å². The average Bonchev–Trinajstić information content (AvgIpc) is 1.93. The third-order valence-corrected chi connectivity index (χ3v) is 1.57. The Balaban J connectivity index is 2.69. The van der Waals surface area contributed by atoms with Gasteiger partial charge in [-0.3, -0.25) is 0 Å². The summed E-state index contributed by atoms with van der Waals surface area (Å²) in [7, 11) is 0. The van der Waals surface area contributed by atoms with Crippen molar-refractivity contribution in [3.8, 4) is 0 Å². The Morgan fingerprint density at radius 3 is 2.58 bits per heavy atom. The van der Waals surface area contributed by atoms with E-state index in [-0.39, 0.29) is 0 Å². The highest BCUT2D eigenvalue weighted by Crippen LogP contribution is 2.11. The second-order valence-electron chi connectivity index (χ2n) is 3.00. The molecule has 12 heavy (non-hydrogen) atoms. The molecule has 0 aromatic rings. The fourth-order valence-electron chi connectivity index (χ4n) is 1.07. The summed E-state index contributed by atoms with van der Waals surface area (Å²) >= 11 is 0. The van der Waals surface area contributed by atoms with Gasteiger partial charge in [-0.1, -0.05) is 54.7 Å².